The number of benzene rings is 1. The number of hydrogen-bond acceptors (Lipinski definition) is 4. The van der Waals surface area contributed by atoms with E-state index in [1.165, 1.54) is 12.3 Å². The highest BCUT2D eigenvalue weighted by Gasteiger charge is 2.19. The molecule has 0 radical (unpaired) electrons. The Morgan fingerprint density at radius 3 is 2.64 bits per heavy atom. The summed E-state index contributed by atoms with van der Waals surface area (Å²) in [6, 6.07) is 8.89. The Hall–Kier alpha value is -2.60. The van der Waals surface area contributed by atoms with Crippen molar-refractivity contribution in [3.63, 3.8) is 0 Å². The van der Waals surface area contributed by atoms with Gasteiger partial charge >= 0.3 is 0 Å². The van der Waals surface area contributed by atoms with E-state index in [9.17, 15) is 9.59 Å². The molecule has 28 heavy (non-hydrogen) atoms. The highest BCUT2D eigenvalue weighted by molar-refractivity contribution is 6.32. The molecular formula is C21H24ClN3O3. The predicted molar refractivity (Wildman–Crippen MR) is 108 cm³/mol. The Balaban J connectivity index is 1.62. The van der Waals surface area contributed by atoms with Gasteiger partial charge in [0.1, 0.15) is 5.02 Å². The SMILES string of the molecule is CC(C)Oc1ncc(C(=O)NCc2cccc(C(=O)N3CCCC3)c2)cc1Cl. The summed E-state index contributed by atoms with van der Waals surface area (Å²) in [5, 5.41) is 3.13. The molecule has 2 amide bonds. The van der Waals surface area contributed by atoms with Gasteiger partial charge in [-0.05, 0) is 50.5 Å². The second-order valence-corrected chi connectivity index (χ2v) is 7.47. The highest BCUT2D eigenvalue weighted by Crippen LogP contribution is 2.23. The van der Waals surface area contributed by atoms with Gasteiger partial charge in [0.15, 0.2) is 0 Å². The Labute approximate surface area is 169 Å². The van der Waals surface area contributed by atoms with Gasteiger partial charge in [0.25, 0.3) is 11.8 Å². The first-order valence-electron chi connectivity index (χ1n) is 9.42. The highest BCUT2D eigenvalue weighted by atomic mass is 35.5. The van der Waals surface area contributed by atoms with Gasteiger partial charge in [0.05, 0.1) is 11.7 Å². The number of amides is 2. The number of halogens is 1. The van der Waals surface area contributed by atoms with Crippen molar-refractivity contribution in [2.75, 3.05) is 13.1 Å². The molecule has 1 N–H and O–H groups in total. The number of ether oxygens (including phenoxy) is 1. The number of pyridine rings is 1. The minimum absolute atomic E-state index is 0.0439. The average Bonchev–Trinajstić information content (AvgIpc) is 3.22. The zero-order chi connectivity index (χ0) is 20.1. The lowest BCUT2D eigenvalue weighted by Gasteiger charge is -2.15. The summed E-state index contributed by atoms with van der Waals surface area (Å²) in [6.45, 7) is 5.68. The van der Waals surface area contributed by atoms with Crippen LogP contribution in [-0.4, -0.2) is 40.9 Å². The molecule has 1 aliphatic heterocycles. The van der Waals surface area contributed by atoms with E-state index in [0.717, 1.165) is 31.5 Å². The Morgan fingerprint density at radius 2 is 1.96 bits per heavy atom. The summed E-state index contributed by atoms with van der Waals surface area (Å²) in [5.41, 5.74) is 1.86. The van der Waals surface area contributed by atoms with Crippen LogP contribution < -0.4 is 10.1 Å². The van der Waals surface area contributed by atoms with Crippen molar-refractivity contribution in [1.29, 1.82) is 0 Å². The van der Waals surface area contributed by atoms with E-state index >= 15 is 0 Å². The third-order valence-corrected chi connectivity index (χ3v) is 4.71. The quantitative estimate of drug-likeness (QED) is 0.801. The molecule has 1 saturated heterocycles. The van der Waals surface area contributed by atoms with Gasteiger partial charge in [-0.15, -0.1) is 0 Å². The van der Waals surface area contributed by atoms with Crippen LogP contribution in [0.15, 0.2) is 36.5 Å². The van der Waals surface area contributed by atoms with Gasteiger partial charge in [0, 0.05) is 31.4 Å². The van der Waals surface area contributed by atoms with E-state index in [4.69, 9.17) is 16.3 Å². The van der Waals surface area contributed by atoms with Gasteiger partial charge < -0.3 is 15.0 Å². The lowest BCUT2D eigenvalue weighted by molar-refractivity contribution is 0.0792. The normalized spacial score (nSPS) is 13.6. The van der Waals surface area contributed by atoms with Crippen molar-refractivity contribution in [1.82, 2.24) is 15.2 Å². The maximum Gasteiger partial charge on any atom is 0.253 e. The molecule has 0 spiro atoms. The van der Waals surface area contributed by atoms with Crippen LogP contribution in [-0.2, 0) is 6.54 Å². The van der Waals surface area contributed by atoms with Crippen LogP contribution >= 0.6 is 11.6 Å². The molecule has 2 heterocycles. The number of likely N-dealkylation sites (tertiary alicyclic amines) is 1. The fraction of sp³-hybridized carbons (Fsp3) is 0.381. The molecule has 1 fully saturated rings. The molecule has 1 aliphatic rings. The Bertz CT molecular complexity index is 864. The first-order valence-corrected chi connectivity index (χ1v) is 9.80. The molecule has 0 saturated carbocycles. The van der Waals surface area contributed by atoms with Crippen molar-refractivity contribution in [2.45, 2.75) is 39.3 Å². The van der Waals surface area contributed by atoms with Crippen molar-refractivity contribution >= 4 is 23.4 Å². The molecule has 1 aromatic carbocycles. The number of nitrogens with one attached hydrogen (secondary N) is 1. The summed E-state index contributed by atoms with van der Waals surface area (Å²) in [7, 11) is 0. The van der Waals surface area contributed by atoms with Crippen LogP contribution in [0.25, 0.3) is 0 Å². The molecule has 7 heteroatoms. The molecule has 6 nitrogen and oxygen atoms in total. The van der Waals surface area contributed by atoms with Crippen molar-refractivity contribution in [2.24, 2.45) is 0 Å². The third-order valence-electron chi connectivity index (χ3n) is 4.44. The summed E-state index contributed by atoms with van der Waals surface area (Å²) in [4.78, 5) is 30.9. The second-order valence-electron chi connectivity index (χ2n) is 7.06. The fourth-order valence-electron chi connectivity index (χ4n) is 3.06. The molecule has 0 bridgehead atoms. The van der Waals surface area contributed by atoms with Crippen LogP contribution in [0.4, 0.5) is 0 Å². The zero-order valence-electron chi connectivity index (χ0n) is 16.1. The summed E-state index contributed by atoms with van der Waals surface area (Å²) in [5.74, 6) is 0.0607. The van der Waals surface area contributed by atoms with Gasteiger partial charge in [-0.3, -0.25) is 9.59 Å². The number of rotatable bonds is 6. The van der Waals surface area contributed by atoms with E-state index in [2.05, 4.69) is 10.3 Å². The Morgan fingerprint density at radius 1 is 1.21 bits per heavy atom. The number of hydrogen-bond donors (Lipinski definition) is 1. The van der Waals surface area contributed by atoms with Crippen LogP contribution in [0.3, 0.4) is 0 Å². The predicted octanol–water partition coefficient (Wildman–Crippen LogP) is 3.69. The Kier molecular flexibility index (Phi) is 6.52. The summed E-state index contributed by atoms with van der Waals surface area (Å²) < 4.78 is 5.48. The summed E-state index contributed by atoms with van der Waals surface area (Å²) in [6.07, 6.45) is 3.49. The molecular weight excluding hydrogens is 378 g/mol. The molecule has 0 unspecified atom stereocenters. The molecule has 3 rings (SSSR count). The average molecular weight is 402 g/mol. The standard InChI is InChI=1S/C21H24ClN3O3/c1-14(2)28-20-18(22)11-17(13-24-20)19(26)23-12-15-6-5-7-16(10-15)21(27)25-8-3-4-9-25/h5-7,10-11,13-14H,3-4,8-9,12H2,1-2H3,(H,23,26). The van der Waals surface area contributed by atoms with Crippen LogP contribution in [0.2, 0.25) is 5.02 Å². The van der Waals surface area contributed by atoms with Gasteiger partial charge in [-0.1, -0.05) is 23.7 Å². The minimum Gasteiger partial charge on any atom is -0.474 e. The van der Waals surface area contributed by atoms with E-state index in [-0.39, 0.29) is 17.9 Å². The lowest BCUT2D eigenvalue weighted by Crippen LogP contribution is -2.28. The number of aromatic nitrogens is 1. The zero-order valence-corrected chi connectivity index (χ0v) is 16.8. The molecule has 148 valence electrons. The maximum absolute atomic E-state index is 12.5. The van der Waals surface area contributed by atoms with Crippen LogP contribution in [0.5, 0.6) is 5.88 Å². The van der Waals surface area contributed by atoms with Gasteiger partial charge in [0.2, 0.25) is 5.88 Å². The van der Waals surface area contributed by atoms with Crippen molar-refractivity contribution < 1.29 is 14.3 Å². The smallest absolute Gasteiger partial charge is 0.253 e. The van der Waals surface area contributed by atoms with Crippen molar-refractivity contribution in [3.05, 3.63) is 58.2 Å². The largest absolute Gasteiger partial charge is 0.474 e. The lowest BCUT2D eigenvalue weighted by atomic mass is 10.1. The molecule has 0 atom stereocenters. The molecule has 0 aliphatic carbocycles. The van der Waals surface area contributed by atoms with E-state index in [1.54, 1.807) is 0 Å². The van der Waals surface area contributed by atoms with Crippen molar-refractivity contribution in [3.8, 4) is 5.88 Å². The number of carbonyl (C=O) groups is 2. The van der Waals surface area contributed by atoms with Gasteiger partial charge in [-0.25, -0.2) is 4.98 Å². The maximum atomic E-state index is 12.5. The third kappa shape index (κ3) is 5.01. The number of nitrogens with zero attached hydrogens (tertiary/aromatic N) is 2. The second kappa shape index (κ2) is 9.06. The molecule has 1 aromatic heterocycles. The fourth-order valence-corrected chi connectivity index (χ4v) is 3.27. The van der Waals surface area contributed by atoms with Crippen LogP contribution in [0, 0.1) is 0 Å². The topological polar surface area (TPSA) is 71.5 Å². The van der Waals surface area contributed by atoms with Gasteiger partial charge in [-0.2, -0.15) is 0 Å². The minimum atomic E-state index is -0.290. The van der Waals surface area contributed by atoms with Crippen LogP contribution in [0.1, 0.15) is 53.0 Å². The first kappa shape index (κ1) is 20.1. The number of carbonyl (C=O) groups excluding carboxylic acids is 2. The first-order chi connectivity index (χ1) is 13.4. The monoisotopic (exact) mass is 401 g/mol. The van der Waals surface area contributed by atoms with E-state index < -0.39 is 0 Å². The summed E-state index contributed by atoms with van der Waals surface area (Å²) >= 11 is 6.14. The van der Waals surface area contributed by atoms with E-state index in [1.807, 2.05) is 43.0 Å². The molecule has 2 aromatic rings. The van der Waals surface area contributed by atoms with E-state index in [0.29, 0.717) is 28.6 Å².